The Kier molecular flexibility index (Phi) is 5.60. The largest absolute Gasteiger partial charge is 0.495 e. The molecule has 132 valence electrons. The fraction of sp³-hybridized carbons (Fsp3) is 0.111. The number of hydrogen-bond acceptors (Lipinski definition) is 6. The van der Waals surface area contributed by atoms with Gasteiger partial charge in [0.25, 0.3) is 5.91 Å². The van der Waals surface area contributed by atoms with Crippen LogP contribution in [0.1, 0.15) is 16.1 Å². The first-order chi connectivity index (χ1) is 12.7. The molecule has 1 amide bonds. The second-order valence-electron chi connectivity index (χ2n) is 5.30. The number of anilines is 2. The number of nitrogens with zero attached hydrogens (tertiary/aromatic N) is 3. The number of aromatic nitrogens is 3. The van der Waals surface area contributed by atoms with Gasteiger partial charge in [-0.1, -0.05) is 11.6 Å². The van der Waals surface area contributed by atoms with Crippen molar-refractivity contribution in [3.8, 4) is 5.75 Å². The number of benzene rings is 1. The van der Waals surface area contributed by atoms with Gasteiger partial charge in [-0.15, -0.1) is 0 Å². The van der Waals surface area contributed by atoms with Gasteiger partial charge in [-0.2, -0.15) is 0 Å². The standard InChI is InChI=1S/C18H16ClN5O2/c1-26-16-3-2-13(8-14(16)19)24-17-9-15(22-11-23-17)18(25)21-10-12-4-6-20-7-5-12/h2-9,11H,10H2,1H3,(H,21,25)(H,22,23,24). The number of amides is 1. The molecule has 0 saturated carbocycles. The lowest BCUT2D eigenvalue weighted by molar-refractivity contribution is 0.0946. The minimum absolute atomic E-state index is 0.260. The van der Waals surface area contributed by atoms with Crippen molar-refractivity contribution in [1.29, 1.82) is 0 Å². The van der Waals surface area contributed by atoms with Crippen LogP contribution in [0.2, 0.25) is 5.02 Å². The predicted octanol–water partition coefficient (Wildman–Crippen LogP) is 3.21. The molecule has 0 aliphatic rings. The lowest BCUT2D eigenvalue weighted by atomic mass is 10.2. The van der Waals surface area contributed by atoms with Crippen LogP contribution in [0, 0.1) is 0 Å². The van der Waals surface area contributed by atoms with Crippen molar-refractivity contribution in [2.45, 2.75) is 6.54 Å². The van der Waals surface area contributed by atoms with Gasteiger partial charge in [0.15, 0.2) is 0 Å². The molecule has 7 nitrogen and oxygen atoms in total. The van der Waals surface area contributed by atoms with E-state index in [1.54, 1.807) is 43.8 Å². The van der Waals surface area contributed by atoms with E-state index in [1.807, 2.05) is 12.1 Å². The molecule has 0 saturated heterocycles. The Balaban J connectivity index is 1.67. The molecule has 0 fully saturated rings. The quantitative estimate of drug-likeness (QED) is 0.693. The second kappa shape index (κ2) is 8.26. The van der Waals surface area contributed by atoms with Crippen LogP contribution in [-0.4, -0.2) is 28.0 Å². The highest BCUT2D eigenvalue weighted by molar-refractivity contribution is 6.32. The highest BCUT2D eigenvalue weighted by atomic mass is 35.5. The third-order valence-electron chi connectivity index (χ3n) is 3.53. The number of hydrogen-bond donors (Lipinski definition) is 2. The summed E-state index contributed by atoms with van der Waals surface area (Å²) in [6, 6.07) is 10.5. The number of ether oxygens (including phenoxy) is 1. The van der Waals surface area contributed by atoms with E-state index in [1.165, 1.54) is 6.33 Å². The lowest BCUT2D eigenvalue weighted by Crippen LogP contribution is -2.24. The third kappa shape index (κ3) is 4.46. The zero-order valence-electron chi connectivity index (χ0n) is 13.9. The van der Waals surface area contributed by atoms with E-state index in [0.29, 0.717) is 23.1 Å². The SMILES string of the molecule is COc1ccc(Nc2cc(C(=O)NCc3ccncc3)ncn2)cc1Cl. The van der Waals surface area contributed by atoms with E-state index in [0.717, 1.165) is 11.3 Å². The summed E-state index contributed by atoms with van der Waals surface area (Å²) >= 11 is 6.11. The Morgan fingerprint density at radius 2 is 1.96 bits per heavy atom. The van der Waals surface area contributed by atoms with E-state index in [9.17, 15) is 4.79 Å². The summed E-state index contributed by atoms with van der Waals surface area (Å²) in [7, 11) is 1.55. The van der Waals surface area contributed by atoms with Crippen LogP contribution < -0.4 is 15.4 Å². The fourth-order valence-electron chi connectivity index (χ4n) is 2.22. The number of nitrogens with one attached hydrogen (secondary N) is 2. The second-order valence-corrected chi connectivity index (χ2v) is 5.71. The number of carbonyl (C=O) groups is 1. The first kappa shape index (κ1) is 17.6. The fourth-order valence-corrected chi connectivity index (χ4v) is 2.47. The molecule has 0 bridgehead atoms. The average molecular weight is 370 g/mol. The molecule has 8 heteroatoms. The van der Waals surface area contributed by atoms with Crippen molar-refractivity contribution in [3.05, 3.63) is 71.4 Å². The van der Waals surface area contributed by atoms with E-state index in [2.05, 4.69) is 25.6 Å². The average Bonchev–Trinajstić information content (AvgIpc) is 2.67. The molecule has 2 aromatic heterocycles. The molecule has 3 aromatic rings. The van der Waals surface area contributed by atoms with E-state index in [4.69, 9.17) is 16.3 Å². The van der Waals surface area contributed by atoms with Gasteiger partial charge in [-0.25, -0.2) is 9.97 Å². The van der Waals surface area contributed by atoms with Crippen LogP contribution in [0.3, 0.4) is 0 Å². The summed E-state index contributed by atoms with van der Waals surface area (Å²) in [5, 5.41) is 6.37. The number of pyridine rings is 1. The lowest BCUT2D eigenvalue weighted by Gasteiger charge is -2.09. The minimum Gasteiger partial charge on any atom is -0.495 e. The van der Waals surface area contributed by atoms with Crippen molar-refractivity contribution >= 4 is 29.0 Å². The molecule has 0 aliphatic carbocycles. The van der Waals surface area contributed by atoms with Gasteiger partial charge in [0.05, 0.1) is 12.1 Å². The molecule has 0 radical (unpaired) electrons. The van der Waals surface area contributed by atoms with Crippen LogP contribution >= 0.6 is 11.6 Å². The highest BCUT2D eigenvalue weighted by Gasteiger charge is 2.09. The smallest absolute Gasteiger partial charge is 0.270 e. The van der Waals surface area contributed by atoms with Crippen molar-refractivity contribution in [2.24, 2.45) is 0 Å². The van der Waals surface area contributed by atoms with E-state index < -0.39 is 0 Å². The van der Waals surface area contributed by atoms with Gasteiger partial charge in [-0.05, 0) is 35.9 Å². The Labute approximate surface area is 155 Å². The van der Waals surface area contributed by atoms with Crippen molar-refractivity contribution in [1.82, 2.24) is 20.3 Å². The summed E-state index contributed by atoms with van der Waals surface area (Å²) in [6.45, 7) is 0.391. The Morgan fingerprint density at radius 3 is 2.69 bits per heavy atom. The molecule has 2 N–H and O–H groups in total. The monoisotopic (exact) mass is 369 g/mol. The van der Waals surface area contributed by atoms with Crippen molar-refractivity contribution in [3.63, 3.8) is 0 Å². The van der Waals surface area contributed by atoms with Crippen LogP contribution in [0.25, 0.3) is 0 Å². The molecular weight excluding hydrogens is 354 g/mol. The number of rotatable bonds is 6. The van der Waals surface area contributed by atoms with Gasteiger partial charge in [0.2, 0.25) is 0 Å². The van der Waals surface area contributed by atoms with E-state index >= 15 is 0 Å². The molecule has 0 spiro atoms. The zero-order valence-corrected chi connectivity index (χ0v) is 14.7. The van der Waals surface area contributed by atoms with Gasteiger partial charge < -0.3 is 15.4 Å². The third-order valence-corrected chi connectivity index (χ3v) is 3.82. The molecule has 0 unspecified atom stereocenters. The molecule has 0 atom stereocenters. The van der Waals surface area contributed by atoms with Crippen molar-refractivity contribution < 1.29 is 9.53 Å². The summed E-state index contributed by atoms with van der Waals surface area (Å²) < 4.78 is 5.12. The molecule has 26 heavy (non-hydrogen) atoms. The zero-order chi connectivity index (χ0) is 18.4. The molecule has 1 aromatic carbocycles. The normalized spacial score (nSPS) is 10.2. The number of methoxy groups -OCH3 is 1. The van der Waals surface area contributed by atoms with Gasteiger partial charge in [0, 0.05) is 30.7 Å². The maximum Gasteiger partial charge on any atom is 0.270 e. The number of carbonyl (C=O) groups excluding carboxylic acids is 1. The van der Waals surface area contributed by atoms with Crippen LogP contribution in [-0.2, 0) is 6.54 Å². The minimum atomic E-state index is -0.292. The first-order valence-corrected chi connectivity index (χ1v) is 8.13. The topological polar surface area (TPSA) is 89.0 Å². The first-order valence-electron chi connectivity index (χ1n) is 7.75. The highest BCUT2D eigenvalue weighted by Crippen LogP contribution is 2.28. The van der Waals surface area contributed by atoms with Gasteiger partial charge >= 0.3 is 0 Å². The van der Waals surface area contributed by atoms with Crippen LogP contribution in [0.15, 0.2) is 55.1 Å². The molecule has 2 heterocycles. The predicted molar refractivity (Wildman–Crippen MR) is 98.7 cm³/mol. The maximum absolute atomic E-state index is 12.3. The van der Waals surface area contributed by atoms with Gasteiger partial charge in [0.1, 0.15) is 23.6 Å². The molecule has 0 aliphatic heterocycles. The number of halogens is 1. The summed E-state index contributed by atoms with van der Waals surface area (Å²) in [5.74, 6) is 0.770. The summed E-state index contributed by atoms with van der Waals surface area (Å²) in [4.78, 5) is 24.4. The summed E-state index contributed by atoms with van der Waals surface area (Å²) in [5.41, 5.74) is 1.93. The van der Waals surface area contributed by atoms with E-state index in [-0.39, 0.29) is 11.6 Å². The van der Waals surface area contributed by atoms with Crippen LogP contribution in [0.5, 0.6) is 5.75 Å². The summed E-state index contributed by atoms with van der Waals surface area (Å²) in [6.07, 6.45) is 4.68. The molecule has 3 rings (SSSR count). The maximum atomic E-state index is 12.3. The molecular formula is C18H16ClN5O2. The Hall–Kier alpha value is -3.19. The van der Waals surface area contributed by atoms with Crippen molar-refractivity contribution in [2.75, 3.05) is 12.4 Å². The van der Waals surface area contributed by atoms with Crippen LogP contribution in [0.4, 0.5) is 11.5 Å². The Morgan fingerprint density at radius 1 is 1.15 bits per heavy atom. The Bertz CT molecular complexity index is 905. The van der Waals surface area contributed by atoms with Gasteiger partial charge in [-0.3, -0.25) is 9.78 Å².